The molecular weight excluding hydrogens is 308 g/mol. The Kier molecular flexibility index (Phi) is 3.88. The summed E-state index contributed by atoms with van der Waals surface area (Å²) in [5.41, 5.74) is 0.0531. The number of nitrogens with zero attached hydrogens (tertiary/aromatic N) is 2. The van der Waals surface area contributed by atoms with Gasteiger partial charge in [-0.1, -0.05) is 6.42 Å². The molecule has 2 atom stereocenters. The van der Waals surface area contributed by atoms with Gasteiger partial charge in [0.05, 0.1) is 17.3 Å². The number of rotatable bonds is 5. The molecule has 3 rings (SSSR count). The fraction of sp³-hybridized carbons (Fsp3) is 0.786. The molecule has 7 heteroatoms. The van der Waals surface area contributed by atoms with Gasteiger partial charge in [0.25, 0.3) is 10.0 Å². The van der Waals surface area contributed by atoms with Crippen molar-refractivity contribution in [3.05, 3.63) is 11.2 Å². The highest BCUT2D eigenvalue weighted by Gasteiger charge is 2.61. The van der Waals surface area contributed by atoms with Crippen LogP contribution in [0.5, 0.6) is 0 Å². The summed E-state index contributed by atoms with van der Waals surface area (Å²) in [4.78, 5) is 4.07. The van der Waals surface area contributed by atoms with Gasteiger partial charge < -0.3 is 4.74 Å². The molecule has 1 heterocycles. The monoisotopic (exact) mass is 330 g/mol. The molecule has 1 aromatic heterocycles. The molecule has 2 saturated carbocycles. The maximum atomic E-state index is 12.7. The van der Waals surface area contributed by atoms with Crippen molar-refractivity contribution in [1.29, 1.82) is 0 Å². The number of hydrogen-bond donors (Lipinski definition) is 0. The molecule has 21 heavy (non-hydrogen) atoms. The van der Waals surface area contributed by atoms with Gasteiger partial charge in [0, 0.05) is 25.1 Å². The van der Waals surface area contributed by atoms with Crippen LogP contribution in [0.3, 0.4) is 0 Å². The Balaban J connectivity index is 1.81. The molecule has 2 aliphatic carbocycles. The van der Waals surface area contributed by atoms with Gasteiger partial charge in [-0.05, 0) is 33.1 Å². The zero-order valence-electron chi connectivity index (χ0n) is 12.7. The summed E-state index contributed by atoms with van der Waals surface area (Å²) < 4.78 is 33.2. The number of ether oxygens (including phenoxy) is 1. The summed E-state index contributed by atoms with van der Waals surface area (Å²) in [5.74, 6) is 0. The Morgan fingerprint density at radius 1 is 1.52 bits per heavy atom. The Bertz CT molecular complexity index is 622. The molecule has 2 aliphatic rings. The van der Waals surface area contributed by atoms with E-state index < -0.39 is 10.0 Å². The van der Waals surface area contributed by atoms with Gasteiger partial charge in [0.15, 0.2) is 4.21 Å². The molecule has 0 bridgehead atoms. The second-order valence-corrected chi connectivity index (χ2v) is 9.46. The van der Waals surface area contributed by atoms with E-state index in [1.807, 2.05) is 13.8 Å². The van der Waals surface area contributed by atoms with E-state index in [1.165, 1.54) is 24.0 Å². The minimum atomic E-state index is -3.43. The predicted octanol–water partition coefficient (Wildman–Crippen LogP) is 2.42. The average molecular weight is 330 g/mol. The zero-order valence-corrected chi connectivity index (χ0v) is 14.3. The minimum Gasteiger partial charge on any atom is -0.378 e. The SMILES string of the molecule is CCO[C@H]1C[C@@H](N(C)S(=O)(=O)c2cnc(C)s2)C12CCC2. The first-order chi connectivity index (χ1) is 9.91. The quantitative estimate of drug-likeness (QED) is 0.832. The van der Waals surface area contributed by atoms with Crippen LogP contribution in [0.4, 0.5) is 0 Å². The molecule has 118 valence electrons. The maximum Gasteiger partial charge on any atom is 0.254 e. The van der Waals surface area contributed by atoms with Crippen LogP contribution < -0.4 is 0 Å². The molecule has 5 nitrogen and oxygen atoms in total. The molecule has 0 aliphatic heterocycles. The second-order valence-electron chi connectivity index (χ2n) is 6.00. The zero-order chi connectivity index (χ0) is 15.3. The first-order valence-corrected chi connectivity index (χ1v) is 9.69. The molecule has 0 N–H and O–H groups in total. The molecule has 0 saturated heterocycles. The maximum absolute atomic E-state index is 12.7. The van der Waals surface area contributed by atoms with Gasteiger partial charge in [-0.25, -0.2) is 13.4 Å². The van der Waals surface area contributed by atoms with Crippen molar-refractivity contribution in [3.63, 3.8) is 0 Å². The van der Waals surface area contributed by atoms with E-state index in [0.29, 0.717) is 10.8 Å². The number of aromatic nitrogens is 1. The molecule has 1 spiro atoms. The highest BCUT2D eigenvalue weighted by Crippen LogP contribution is 2.59. The van der Waals surface area contributed by atoms with Crippen LogP contribution in [0.15, 0.2) is 10.4 Å². The van der Waals surface area contributed by atoms with Crippen molar-refractivity contribution in [2.75, 3.05) is 13.7 Å². The van der Waals surface area contributed by atoms with Crippen molar-refractivity contribution in [3.8, 4) is 0 Å². The first-order valence-electron chi connectivity index (χ1n) is 7.44. The van der Waals surface area contributed by atoms with Gasteiger partial charge in [0.2, 0.25) is 0 Å². The topological polar surface area (TPSA) is 59.5 Å². The third-order valence-corrected chi connectivity index (χ3v) is 8.28. The largest absolute Gasteiger partial charge is 0.378 e. The van der Waals surface area contributed by atoms with Gasteiger partial charge in [-0.15, -0.1) is 11.3 Å². The Hall–Kier alpha value is -0.500. The molecule has 1 aromatic rings. The van der Waals surface area contributed by atoms with E-state index in [0.717, 1.165) is 24.3 Å². The fourth-order valence-corrected chi connectivity index (χ4v) is 6.42. The van der Waals surface area contributed by atoms with Gasteiger partial charge >= 0.3 is 0 Å². The molecule has 2 fully saturated rings. The number of thiazole rings is 1. The van der Waals surface area contributed by atoms with E-state index in [9.17, 15) is 8.42 Å². The van der Waals surface area contributed by atoms with E-state index in [1.54, 1.807) is 11.4 Å². The molecule has 0 unspecified atom stereocenters. The predicted molar refractivity (Wildman–Crippen MR) is 81.9 cm³/mol. The second kappa shape index (κ2) is 5.30. The third-order valence-electron chi connectivity index (χ3n) is 5.07. The normalized spacial score (nSPS) is 27.6. The van der Waals surface area contributed by atoms with Crippen molar-refractivity contribution in [1.82, 2.24) is 9.29 Å². The standard InChI is InChI=1S/C14H22N2O3S2/c1-4-19-12-8-11(14(12)6-5-7-14)16(3)21(17,18)13-9-15-10(2)20-13/h9,11-12H,4-8H2,1-3H3/t11-,12+/m1/s1. The van der Waals surface area contributed by atoms with Crippen molar-refractivity contribution in [2.24, 2.45) is 5.41 Å². The summed E-state index contributed by atoms with van der Waals surface area (Å²) in [6, 6.07) is 0.0650. The van der Waals surface area contributed by atoms with Crippen LogP contribution in [0.2, 0.25) is 0 Å². The van der Waals surface area contributed by atoms with Crippen LogP contribution in [0.1, 0.15) is 37.6 Å². The van der Waals surface area contributed by atoms with Crippen LogP contribution >= 0.6 is 11.3 Å². The lowest BCUT2D eigenvalue weighted by Gasteiger charge is -2.62. The summed E-state index contributed by atoms with van der Waals surface area (Å²) in [6.45, 7) is 4.52. The number of hydrogen-bond acceptors (Lipinski definition) is 5. The smallest absolute Gasteiger partial charge is 0.254 e. The average Bonchev–Trinajstić information content (AvgIpc) is 2.78. The summed E-state index contributed by atoms with van der Waals surface area (Å²) in [7, 11) is -1.72. The van der Waals surface area contributed by atoms with Crippen molar-refractivity contribution in [2.45, 2.75) is 55.9 Å². The molecule has 0 radical (unpaired) electrons. The van der Waals surface area contributed by atoms with Crippen LogP contribution in [-0.2, 0) is 14.8 Å². The lowest BCUT2D eigenvalue weighted by Crippen LogP contribution is -2.67. The molecule has 0 amide bonds. The Morgan fingerprint density at radius 3 is 2.71 bits per heavy atom. The van der Waals surface area contributed by atoms with E-state index in [-0.39, 0.29) is 17.6 Å². The van der Waals surface area contributed by atoms with E-state index >= 15 is 0 Å². The van der Waals surface area contributed by atoms with E-state index in [4.69, 9.17) is 4.74 Å². The summed E-state index contributed by atoms with van der Waals surface area (Å²) in [6.07, 6.45) is 5.82. The van der Waals surface area contributed by atoms with Crippen LogP contribution in [0, 0.1) is 12.3 Å². The van der Waals surface area contributed by atoms with Crippen molar-refractivity contribution >= 4 is 21.4 Å². The van der Waals surface area contributed by atoms with Gasteiger partial charge in [0.1, 0.15) is 0 Å². The molecule has 0 aromatic carbocycles. The van der Waals surface area contributed by atoms with E-state index in [2.05, 4.69) is 4.98 Å². The summed E-state index contributed by atoms with van der Waals surface area (Å²) >= 11 is 1.24. The minimum absolute atomic E-state index is 0.0531. The molecular formula is C14H22N2O3S2. The number of aryl methyl sites for hydroxylation is 1. The fourth-order valence-electron chi connectivity index (χ4n) is 3.68. The van der Waals surface area contributed by atoms with Crippen LogP contribution in [-0.4, -0.2) is 43.5 Å². The van der Waals surface area contributed by atoms with Gasteiger partial charge in [-0.2, -0.15) is 4.31 Å². The Labute approximate surface area is 130 Å². The summed E-state index contributed by atoms with van der Waals surface area (Å²) in [5, 5.41) is 0.779. The van der Waals surface area contributed by atoms with Crippen molar-refractivity contribution < 1.29 is 13.2 Å². The lowest BCUT2D eigenvalue weighted by atomic mass is 9.51. The first kappa shape index (κ1) is 15.4. The number of sulfonamides is 1. The highest BCUT2D eigenvalue weighted by molar-refractivity contribution is 7.91. The Morgan fingerprint density at radius 2 is 2.24 bits per heavy atom. The lowest BCUT2D eigenvalue weighted by molar-refractivity contribution is -0.187. The van der Waals surface area contributed by atoms with Gasteiger partial charge in [-0.3, -0.25) is 0 Å². The highest BCUT2D eigenvalue weighted by atomic mass is 32.2. The third kappa shape index (κ3) is 2.25. The van der Waals surface area contributed by atoms with Crippen LogP contribution in [0.25, 0.3) is 0 Å².